The minimum atomic E-state index is -0.554. The van der Waals surface area contributed by atoms with Gasteiger partial charge < -0.3 is 28.9 Å². The van der Waals surface area contributed by atoms with Gasteiger partial charge in [0.1, 0.15) is 23.5 Å². The number of nitrogens with zero attached hydrogens (tertiary/aromatic N) is 6. The molecular weight excluding hydrogens is 618 g/mol. The fourth-order valence-electron chi connectivity index (χ4n) is 6.72. The topological polar surface area (TPSA) is 109 Å². The molecule has 2 aromatic carbocycles. The Bertz CT molecular complexity index is 1790. The molecule has 1 saturated carbocycles. The van der Waals surface area contributed by atoms with Crippen LogP contribution in [0.25, 0.3) is 32.9 Å². The molecule has 2 aromatic heterocycles. The predicted octanol–water partition coefficient (Wildman–Crippen LogP) is 6.60. The maximum Gasteiger partial charge on any atom is 0.410 e. The van der Waals surface area contributed by atoms with E-state index >= 15 is 0 Å². The molecule has 0 bridgehead atoms. The summed E-state index contributed by atoms with van der Waals surface area (Å²) in [7, 11) is 2.13. The first-order chi connectivity index (χ1) is 22.6. The van der Waals surface area contributed by atoms with Crippen LogP contribution in [0.4, 0.5) is 10.6 Å². The Morgan fingerprint density at radius 2 is 1.81 bits per heavy atom. The van der Waals surface area contributed by atoms with Crippen LogP contribution in [0.5, 0.6) is 11.8 Å². The second-order valence-corrected chi connectivity index (χ2v) is 14.5. The Morgan fingerprint density at radius 1 is 1.02 bits per heavy atom. The van der Waals surface area contributed by atoms with Gasteiger partial charge in [0.15, 0.2) is 5.75 Å². The number of benzene rings is 2. The Kier molecular flexibility index (Phi) is 8.55. The first-order valence-corrected chi connectivity index (χ1v) is 17.1. The van der Waals surface area contributed by atoms with Crippen LogP contribution in [0.3, 0.4) is 0 Å². The fraction of sp³-hybridized carbons (Fsp3) is 0.543. The SMILES string of the molecule is Cc1ccc2[nH]ncc2c1-c1c(Cl)cc2c(N3CCN(C(=O)OC(C)(C)C)CC3)nc(OC[C@@H]3CCCN3C)nc2c1OC1CCC1. The summed E-state index contributed by atoms with van der Waals surface area (Å²) >= 11 is 7.28. The summed E-state index contributed by atoms with van der Waals surface area (Å²) in [5.41, 5.74) is 3.88. The number of anilines is 1. The summed E-state index contributed by atoms with van der Waals surface area (Å²) in [6.07, 6.45) is 6.92. The molecule has 1 amide bonds. The average molecular weight is 662 g/mol. The smallest absolute Gasteiger partial charge is 0.410 e. The number of ether oxygens (including phenoxy) is 3. The Morgan fingerprint density at radius 3 is 2.49 bits per heavy atom. The van der Waals surface area contributed by atoms with Gasteiger partial charge in [0, 0.05) is 54.1 Å². The maximum absolute atomic E-state index is 12.9. The van der Waals surface area contributed by atoms with Gasteiger partial charge >= 0.3 is 12.1 Å². The number of carbonyl (C=O) groups excluding carboxylic acids is 1. The number of hydrogen-bond acceptors (Lipinski definition) is 9. The molecule has 2 aliphatic heterocycles. The molecule has 47 heavy (non-hydrogen) atoms. The highest BCUT2D eigenvalue weighted by Crippen LogP contribution is 2.48. The average Bonchev–Trinajstić information content (AvgIpc) is 3.66. The van der Waals surface area contributed by atoms with Crippen LogP contribution in [0, 0.1) is 6.92 Å². The van der Waals surface area contributed by atoms with Crippen molar-refractivity contribution < 1.29 is 19.0 Å². The van der Waals surface area contributed by atoms with Crippen molar-refractivity contribution in [3.8, 4) is 22.9 Å². The number of carbonyl (C=O) groups is 1. The molecule has 0 spiro atoms. The van der Waals surface area contributed by atoms with Crippen molar-refractivity contribution in [2.75, 3.05) is 51.3 Å². The molecule has 250 valence electrons. The summed E-state index contributed by atoms with van der Waals surface area (Å²) in [6.45, 7) is 11.4. The van der Waals surface area contributed by atoms with Crippen molar-refractivity contribution in [3.63, 3.8) is 0 Å². The van der Waals surface area contributed by atoms with Gasteiger partial charge in [-0.15, -0.1) is 0 Å². The van der Waals surface area contributed by atoms with Crippen molar-refractivity contribution in [1.29, 1.82) is 0 Å². The molecule has 7 rings (SSSR count). The van der Waals surface area contributed by atoms with Crippen LogP contribution in [0.15, 0.2) is 24.4 Å². The van der Waals surface area contributed by atoms with Crippen molar-refractivity contribution >= 4 is 45.3 Å². The highest BCUT2D eigenvalue weighted by molar-refractivity contribution is 6.35. The van der Waals surface area contributed by atoms with Gasteiger partial charge in [0.25, 0.3) is 0 Å². The quantitative estimate of drug-likeness (QED) is 0.234. The molecular formula is C35H44ClN7O4. The normalized spacial score (nSPS) is 19.4. The van der Waals surface area contributed by atoms with E-state index in [0.717, 1.165) is 77.4 Å². The van der Waals surface area contributed by atoms with Gasteiger partial charge in [-0.3, -0.25) is 5.10 Å². The lowest BCUT2D eigenvalue weighted by atomic mass is 9.93. The van der Waals surface area contributed by atoms with Crippen molar-refractivity contribution in [1.82, 2.24) is 30.0 Å². The van der Waals surface area contributed by atoms with E-state index in [1.807, 2.05) is 39.1 Å². The third kappa shape index (κ3) is 6.39. The highest BCUT2D eigenvalue weighted by atomic mass is 35.5. The van der Waals surface area contributed by atoms with E-state index < -0.39 is 5.60 Å². The van der Waals surface area contributed by atoms with Crippen LogP contribution < -0.4 is 14.4 Å². The molecule has 11 nitrogen and oxygen atoms in total. The minimum absolute atomic E-state index is 0.0755. The Labute approximate surface area is 280 Å². The zero-order chi connectivity index (χ0) is 32.9. The van der Waals surface area contributed by atoms with Crippen LogP contribution in [0.1, 0.15) is 58.4 Å². The number of H-pyrrole nitrogens is 1. The number of rotatable bonds is 7. The predicted molar refractivity (Wildman–Crippen MR) is 184 cm³/mol. The summed E-state index contributed by atoms with van der Waals surface area (Å²) in [5.74, 6) is 1.37. The molecule has 12 heteroatoms. The van der Waals surface area contributed by atoms with Gasteiger partial charge in [0.05, 0.1) is 22.8 Å². The number of amides is 1. The van der Waals surface area contributed by atoms with E-state index in [4.69, 9.17) is 35.8 Å². The third-order valence-electron chi connectivity index (χ3n) is 9.58. The van der Waals surface area contributed by atoms with Gasteiger partial charge in [-0.2, -0.15) is 15.1 Å². The monoisotopic (exact) mass is 661 g/mol. The van der Waals surface area contributed by atoms with E-state index in [1.54, 1.807) is 4.90 Å². The van der Waals surface area contributed by atoms with E-state index in [1.165, 1.54) is 0 Å². The number of aryl methyl sites for hydroxylation is 1. The molecule has 1 aliphatic carbocycles. The lowest BCUT2D eigenvalue weighted by Crippen LogP contribution is -2.50. The summed E-state index contributed by atoms with van der Waals surface area (Å²) in [4.78, 5) is 29.2. The van der Waals surface area contributed by atoms with Crippen LogP contribution in [0.2, 0.25) is 5.02 Å². The molecule has 4 heterocycles. The third-order valence-corrected chi connectivity index (χ3v) is 9.88. The summed E-state index contributed by atoms with van der Waals surface area (Å²) in [6, 6.07) is 6.69. The number of likely N-dealkylation sites (N-methyl/N-ethyl adjacent to an activating group) is 1. The van der Waals surface area contributed by atoms with E-state index in [0.29, 0.717) is 61.1 Å². The summed E-state index contributed by atoms with van der Waals surface area (Å²) < 4.78 is 18.9. The Hall–Kier alpha value is -3.83. The number of halogens is 1. The number of nitrogens with one attached hydrogen (secondary N) is 1. The van der Waals surface area contributed by atoms with E-state index in [9.17, 15) is 4.79 Å². The lowest BCUT2D eigenvalue weighted by Gasteiger charge is -2.36. The second-order valence-electron chi connectivity index (χ2n) is 14.1. The Balaban J connectivity index is 1.34. The highest BCUT2D eigenvalue weighted by Gasteiger charge is 2.32. The van der Waals surface area contributed by atoms with Gasteiger partial charge in [0.2, 0.25) is 0 Å². The zero-order valence-corrected chi connectivity index (χ0v) is 28.7. The number of fused-ring (bicyclic) bond motifs is 2. The molecule has 0 radical (unpaired) electrons. The summed E-state index contributed by atoms with van der Waals surface area (Å²) in [5, 5.41) is 9.75. The first kappa shape index (κ1) is 31.8. The molecule has 1 N–H and O–H groups in total. The molecule has 4 aromatic rings. The van der Waals surface area contributed by atoms with Gasteiger partial charge in [-0.1, -0.05) is 17.7 Å². The molecule has 3 aliphatic rings. The maximum atomic E-state index is 12.9. The van der Waals surface area contributed by atoms with E-state index in [2.05, 4.69) is 40.0 Å². The van der Waals surface area contributed by atoms with Gasteiger partial charge in [-0.25, -0.2) is 4.79 Å². The number of aromatic nitrogens is 4. The number of aromatic amines is 1. The number of hydrogen-bond donors (Lipinski definition) is 1. The largest absolute Gasteiger partial charge is 0.487 e. The van der Waals surface area contributed by atoms with E-state index in [-0.39, 0.29) is 12.2 Å². The first-order valence-electron chi connectivity index (χ1n) is 16.8. The van der Waals surface area contributed by atoms with Crippen LogP contribution in [-0.4, -0.2) is 100 Å². The number of piperazine rings is 1. The van der Waals surface area contributed by atoms with Crippen LogP contribution >= 0.6 is 11.6 Å². The minimum Gasteiger partial charge on any atom is -0.487 e. The van der Waals surface area contributed by atoms with Crippen molar-refractivity contribution in [2.24, 2.45) is 0 Å². The molecule has 1 atom stereocenters. The molecule has 0 unspecified atom stereocenters. The van der Waals surface area contributed by atoms with Crippen molar-refractivity contribution in [3.05, 3.63) is 35.0 Å². The second kappa shape index (κ2) is 12.6. The van der Waals surface area contributed by atoms with Crippen LogP contribution in [-0.2, 0) is 4.74 Å². The zero-order valence-electron chi connectivity index (χ0n) is 27.9. The standard InChI is InChI=1S/C35H44ClN7O4/c1-21-11-12-27-25(19-37-40-27)28(21)29-26(36)18-24-30(31(29)46-23-9-6-10-23)38-33(45-20-22-8-7-13-41(22)5)39-32(24)42-14-16-43(17-15-42)34(44)47-35(2,3)4/h11-12,18-19,22-23H,6-10,13-17,20H2,1-5H3,(H,37,40)/t22-/m0/s1. The van der Waals surface area contributed by atoms with Gasteiger partial charge in [-0.05, 0) is 91.1 Å². The molecule has 2 saturated heterocycles. The van der Waals surface area contributed by atoms with Crippen molar-refractivity contribution in [2.45, 2.75) is 77.5 Å². The molecule has 3 fully saturated rings. The lowest BCUT2D eigenvalue weighted by molar-refractivity contribution is 0.0240. The fourth-order valence-corrected chi connectivity index (χ4v) is 7.01. The number of likely N-dealkylation sites (tertiary alicyclic amines) is 1.